The molecule has 0 amide bonds. The van der Waals surface area contributed by atoms with Gasteiger partial charge in [0.1, 0.15) is 5.82 Å². The van der Waals surface area contributed by atoms with E-state index in [2.05, 4.69) is 9.72 Å². The predicted octanol–water partition coefficient (Wildman–Crippen LogP) is 3.45. The maximum atomic E-state index is 13.9. The third-order valence-corrected chi connectivity index (χ3v) is 3.41. The number of hydrogen-bond donors (Lipinski definition) is 0. The van der Waals surface area contributed by atoms with Gasteiger partial charge < -0.3 is 18.8 Å². The second-order valence-corrected chi connectivity index (χ2v) is 5.60. The zero-order valence-corrected chi connectivity index (χ0v) is 14.4. The van der Waals surface area contributed by atoms with Crippen molar-refractivity contribution in [3.05, 3.63) is 53.6 Å². The summed E-state index contributed by atoms with van der Waals surface area (Å²) in [5.74, 6) is -2.70. The summed E-state index contributed by atoms with van der Waals surface area (Å²) in [7, 11) is 0. The van der Waals surface area contributed by atoms with Crippen LogP contribution in [0.2, 0.25) is 0 Å². The second kappa shape index (κ2) is 8.41. The molecule has 1 aromatic carbocycles. The zero-order chi connectivity index (χ0) is 19.3. The minimum absolute atomic E-state index is 0.246. The number of hydrogen-bond acceptors (Lipinski definition) is 6. The number of rotatable bonds is 6. The van der Waals surface area contributed by atoms with Crippen molar-refractivity contribution >= 4 is 12.1 Å². The molecule has 9 heteroatoms. The lowest BCUT2D eigenvalue weighted by Crippen LogP contribution is -2.20. The topological polar surface area (TPSA) is 79.7 Å². The van der Waals surface area contributed by atoms with Crippen molar-refractivity contribution in [1.82, 2.24) is 9.55 Å². The van der Waals surface area contributed by atoms with Gasteiger partial charge in [0.15, 0.2) is 5.69 Å². The average molecular weight is 368 g/mol. The fourth-order valence-electron chi connectivity index (χ4n) is 2.21. The normalized spacial score (nSPS) is 11.9. The van der Waals surface area contributed by atoms with Crippen LogP contribution in [0.4, 0.5) is 13.6 Å². The van der Waals surface area contributed by atoms with Gasteiger partial charge in [-0.2, -0.15) is 4.39 Å². The molecule has 0 N–H and O–H groups in total. The molecule has 0 radical (unpaired) electrons. The lowest BCUT2D eigenvalue weighted by atomic mass is 10.1. The molecule has 7 nitrogen and oxygen atoms in total. The van der Waals surface area contributed by atoms with Gasteiger partial charge in [0.05, 0.1) is 18.5 Å². The standard InChI is InChI=1S/C17H18F2N2O5/c1-10(2)26-17(23)25-9-24-16(22)14-15(19)20-8-21(14)11(3)12-6-4-5-7-13(12)18/h4-8,10-11H,9H2,1-3H3/t11-/m1/s1. The highest BCUT2D eigenvalue weighted by Crippen LogP contribution is 2.23. The van der Waals surface area contributed by atoms with Crippen molar-refractivity contribution < 1.29 is 32.6 Å². The fourth-order valence-corrected chi connectivity index (χ4v) is 2.21. The SMILES string of the molecule is CC(C)OC(=O)OCOC(=O)c1c(F)ncn1[C@H](C)c1ccccc1F. The summed E-state index contributed by atoms with van der Waals surface area (Å²) in [6, 6.07) is 5.18. The van der Waals surface area contributed by atoms with Gasteiger partial charge in [0, 0.05) is 5.56 Å². The molecule has 2 rings (SSSR count). The van der Waals surface area contributed by atoms with Gasteiger partial charge in [-0.25, -0.2) is 19.0 Å². The fraction of sp³-hybridized carbons (Fsp3) is 0.353. The number of carbonyl (C=O) groups excluding carboxylic acids is 2. The van der Waals surface area contributed by atoms with E-state index in [4.69, 9.17) is 9.47 Å². The lowest BCUT2D eigenvalue weighted by Gasteiger charge is -2.17. The van der Waals surface area contributed by atoms with E-state index in [0.717, 1.165) is 10.9 Å². The average Bonchev–Trinajstić information content (AvgIpc) is 2.95. The molecule has 0 fully saturated rings. The van der Waals surface area contributed by atoms with Crippen LogP contribution in [0, 0.1) is 11.8 Å². The van der Waals surface area contributed by atoms with Gasteiger partial charge >= 0.3 is 12.1 Å². The van der Waals surface area contributed by atoms with Crippen molar-refractivity contribution in [1.29, 1.82) is 0 Å². The third-order valence-electron chi connectivity index (χ3n) is 3.41. The van der Waals surface area contributed by atoms with Gasteiger partial charge in [-0.3, -0.25) is 0 Å². The number of ether oxygens (including phenoxy) is 3. The first-order valence-electron chi connectivity index (χ1n) is 7.78. The first-order chi connectivity index (χ1) is 12.3. The summed E-state index contributed by atoms with van der Waals surface area (Å²) in [5, 5.41) is 0. The van der Waals surface area contributed by atoms with Crippen LogP contribution in [0.5, 0.6) is 0 Å². The number of carbonyl (C=O) groups is 2. The number of aromatic nitrogens is 2. The van der Waals surface area contributed by atoms with Crippen molar-refractivity contribution in [3.63, 3.8) is 0 Å². The van der Waals surface area contributed by atoms with Gasteiger partial charge in [0.25, 0.3) is 0 Å². The van der Waals surface area contributed by atoms with Crippen LogP contribution in [0.3, 0.4) is 0 Å². The van der Waals surface area contributed by atoms with Gasteiger partial charge in [-0.05, 0) is 26.8 Å². The minimum Gasteiger partial charge on any atom is -0.431 e. The molecule has 140 valence electrons. The van der Waals surface area contributed by atoms with Crippen LogP contribution in [-0.2, 0) is 14.2 Å². The van der Waals surface area contributed by atoms with Crippen LogP contribution in [-0.4, -0.2) is 34.6 Å². The lowest BCUT2D eigenvalue weighted by molar-refractivity contribution is -0.0352. The predicted molar refractivity (Wildman–Crippen MR) is 85.4 cm³/mol. The van der Waals surface area contributed by atoms with E-state index >= 15 is 0 Å². The van der Waals surface area contributed by atoms with Crippen molar-refractivity contribution in [2.45, 2.75) is 32.9 Å². The van der Waals surface area contributed by atoms with Gasteiger partial charge in [-0.1, -0.05) is 18.2 Å². The Balaban J connectivity index is 2.10. The molecule has 0 aliphatic carbocycles. The molecule has 1 heterocycles. The molecule has 1 aromatic heterocycles. The third kappa shape index (κ3) is 4.56. The number of benzene rings is 1. The highest BCUT2D eigenvalue weighted by Gasteiger charge is 2.25. The Morgan fingerprint density at radius 2 is 1.85 bits per heavy atom. The molecule has 2 aromatic rings. The number of nitrogens with zero attached hydrogens (tertiary/aromatic N) is 2. The Morgan fingerprint density at radius 1 is 1.15 bits per heavy atom. The van der Waals surface area contributed by atoms with E-state index in [9.17, 15) is 18.4 Å². The molecule has 0 bridgehead atoms. The summed E-state index contributed by atoms with van der Waals surface area (Å²) in [5.41, 5.74) is -0.266. The van der Waals surface area contributed by atoms with Gasteiger partial charge in [0.2, 0.25) is 12.7 Å². The van der Waals surface area contributed by atoms with E-state index in [1.165, 1.54) is 18.2 Å². The Hall–Kier alpha value is -2.97. The molecule has 0 aliphatic rings. The zero-order valence-electron chi connectivity index (χ0n) is 14.4. The van der Waals surface area contributed by atoms with Crippen LogP contribution in [0.15, 0.2) is 30.6 Å². The Morgan fingerprint density at radius 3 is 2.50 bits per heavy atom. The summed E-state index contributed by atoms with van der Waals surface area (Å²) in [6.45, 7) is 4.05. The van der Waals surface area contributed by atoms with Crippen molar-refractivity contribution in [2.75, 3.05) is 6.79 Å². The Bertz CT molecular complexity index is 791. The van der Waals surface area contributed by atoms with Gasteiger partial charge in [-0.15, -0.1) is 0 Å². The van der Waals surface area contributed by atoms with Crippen LogP contribution < -0.4 is 0 Å². The summed E-state index contributed by atoms with van der Waals surface area (Å²) in [6.07, 6.45) is -0.364. The van der Waals surface area contributed by atoms with Crippen molar-refractivity contribution in [2.24, 2.45) is 0 Å². The molecule has 0 unspecified atom stereocenters. The summed E-state index contributed by atoms with van der Waals surface area (Å²) >= 11 is 0. The summed E-state index contributed by atoms with van der Waals surface area (Å²) in [4.78, 5) is 26.8. The number of halogens is 2. The maximum Gasteiger partial charge on any atom is 0.511 e. The largest absolute Gasteiger partial charge is 0.511 e. The number of imidazole rings is 1. The van der Waals surface area contributed by atoms with E-state index in [0.29, 0.717) is 0 Å². The molecule has 1 atom stereocenters. The molecule has 0 saturated carbocycles. The molecule has 0 aliphatic heterocycles. The van der Waals surface area contributed by atoms with Crippen LogP contribution in [0.25, 0.3) is 0 Å². The Labute approximate surface area is 148 Å². The second-order valence-electron chi connectivity index (χ2n) is 5.60. The Kier molecular flexibility index (Phi) is 6.26. The highest BCUT2D eigenvalue weighted by molar-refractivity contribution is 5.87. The molecule has 0 spiro atoms. The minimum atomic E-state index is -1.11. The summed E-state index contributed by atoms with van der Waals surface area (Å²) < 4.78 is 43.0. The van der Waals surface area contributed by atoms with Crippen LogP contribution in [0.1, 0.15) is 42.9 Å². The first-order valence-corrected chi connectivity index (χ1v) is 7.78. The molecular weight excluding hydrogens is 350 g/mol. The highest BCUT2D eigenvalue weighted by atomic mass is 19.1. The molecular formula is C17H18F2N2O5. The maximum absolute atomic E-state index is 13.9. The number of esters is 1. The quantitative estimate of drug-likeness (QED) is 0.574. The van der Waals surface area contributed by atoms with Crippen molar-refractivity contribution in [3.8, 4) is 0 Å². The monoisotopic (exact) mass is 368 g/mol. The smallest absolute Gasteiger partial charge is 0.431 e. The van der Waals surface area contributed by atoms with E-state index in [1.54, 1.807) is 26.8 Å². The first kappa shape index (κ1) is 19.4. The van der Waals surface area contributed by atoms with E-state index < -0.39 is 48.5 Å². The van der Waals surface area contributed by atoms with E-state index in [-0.39, 0.29) is 5.56 Å². The van der Waals surface area contributed by atoms with E-state index in [1.807, 2.05) is 0 Å². The molecule has 0 saturated heterocycles. The van der Waals surface area contributed by atoms with Crippen LogP contribution >= 0.6 is 0 Å². The molecule has 26 heavy (non-hydrogen) atoms.